The van der Waals surface area contributed by atoms with Crippen molar-refractivity contribution in [1.29, 1.82) is 0 Å². The molecule has 0 atom stereocenters. The molecule has 9 heteroatoms. The van der Waals surface area contributed by atoms with Crippen LogP contribution in [0.15, 0.2) is 60.7 Å². The number of para-hydroxylation sites is 1. The second kappa shape index (κ2) is 8.39. The van der Waals surface area contributed by atoms with Crippen LogP contribution in [-0.2, 0) is 0 Å². The Morgan fingerprint density at radius 1 is 1.03 bits per heavy atom. The van der Waals surface area contributed by atoms with Gasteiger partial charge in [-0.1, -0.05) is 53.5 Å². The van der Waals surface area contributed by atoms with E-state index in [2.05, 4.69) is 9.97 Å². The summed E-state index contributed by atoms with van der Waals surface area (Å²) in [6.45, 7) is -0.435. The summed E-state index contributed by atoms with van der Waals surface area (Å²) in [5, 5.41) is 11.7. The molecule has 152 valence electrons. The highest BCUT2D eigenvalue weighted by Gasteiger charge is 2.26. The number of aliphatic hydroxyl groups excluding tert-OH is 1. The van der Waals surface area contributed by atoms with E-state index in [4.69, 9.17) is 23.2 Å². The maximum absolute atomic E-state index is 14.6. The van der Waals surface area contributed by atoms with E-state index in [1.807, 2.05) is 12.1 Å². The standard InChI is InChI=1S/C21H15Cl2FN4O2/c22-18-12-19(23)26-20(25-18)21(30)27(9-10-29)28-16-8-4-1-5-13(16)11-17(28)14-6-2-3-7-15(14)24/h1-8,11-12,29H,9-10H2. The van der Waals surface area contributed by atoms with Gasteiger partial charge in [-0.05, 0) is 24.3 Å². The van der Waals surface area contributed by atoms with Gasteiger partial charge >= 0.3 is 5.91 Å². The minimum Gasteiger partial charge on any atom is -0.394 e. The summed E-state index contributed by atoms with van der Waals surface area (Å²) in [7, 11) is 0. The molecular formula is C21H15Cl2FN4O2. The molecule has 0 aliphatic rings. The van der Waals surface area contributed by atoms with Crippen molar-refractivity contribution in [1.82, 2.24) is 14.6 Å². The Morgan fingerprint density at radius 2 is 1.70 bits per heavy atom. The van der Waals surface area contributed by atoms with Crippen LogP contribution in [-0.4, -0.2) is 38.8 Å². The van der Waals surface area contributed by atoms with Crippen LogP contribution in [0.1, 0.15) is 10.6 Å². The summed E-state index contributed by atoms with van der Waals surface area (Å²) < 4.78 is 16.2. The van der Waals surface area contributed by atoms with Crippen LogP contribution in [0, 0.1) is 5.82 Å². The quantitative estimate of drug-likeness (QED) is 0.465. The molecule has 1 amide bonds. The zero-order chi connectivity index (χ0) is 21.3. The van der Waals surface area contributed by atoms with Gasteiger partial charge in [-0.2, -0.15) is 0 Å². The number of rotatable bonds is 5. The molecule has 1 N–H and O–H groups in total. The van der Waals surface area contributed by atoms with Gasteiger partial charge in [0.15, 0.2) is 0 Å². The summed E-state index contributed by atoms with van der Waals surface area (Å²) in [4.78, 5) is 21.2. The second-order valence-electron chi connectivity index (χ2n) is 6.37. The van der Waals surface area contributed by atoms with Crippen LogP contribution >= 0.6 is 23.2 Å². The number of aliphatic hydroxyl groups is 1. The largest absolute Gasteiger partial charge is 0.394 e. The van der Waals surface area contributed by atoms with Crippen LogP contribution in [0.4, 0.5) is 4.39 Å². The fourth-order valence-corrected chi connectivity index (χ4v) is 3.67. The van der Waals surface area contributed by atoms with E-state index in [-0.39, 0.29) is 29.3 Å². The van der Waals surface area contributed by atoms with E-state index in [9.17, 15) is 14.3 Å². The third-order valence-corrected chi connectivity index (χ3v) is 4.86. The number of carbonyl (C=O) groups is 1. The van der Waals surface area contributed by atoms with E-state index in [1.165, 1.54) is 17.1 Å². The zero-order valence-electron chi connectivity index (χ0n) is 15.5. The van der Waals surface area contributed by atoms with Gasteiger partial charge in [0.1, 0.15) is 16.1 Å². The summed E-state index contributed by atoms with van der Waals surface area (Å²) >= 11 is 11.9. The third-order valence-electron chi connectivity index (χ3n) is 4.48. The summed E-state index contributed by atoms with van der Waals surface area (Å²) in [6.07, 6.45) is 0. The Bertz CT molecular complexity index is 1220. The van der Waals surface area contributed by atoms with E-state index < -0.39 is 11.7 Å². The molecule has 0 saturated carbocycles. The first-order valence-corrected chi connectivity index (χ1v) is 9.73. The lowest BCUT2D eigenvalue weighted by molar-refractivity contribution is 0.0942. The first kappa shape index (κ1) is 20.3. The topological polar surface area (TPSA) is 71.2 Å². The number of carbonyl (C=O) groups excluding carboxylic acids is 1. The Labute approximate surface area is 181 Å². The minimum absolute atomic E-state index is 0.00832. The predicted molar refractivity (Wildman–Crippen MR) is 114 cm³/mol. The number of fused-ring (bicyclic) bond motifs is 1. The van der Waals surface area contributed by atoms with E-state index >= 15 is 0 Å². The van der Waals surface area contributed by atoms with Gasteiger partial charge in [-0.15, -0.1) is 0 Å². The van der Waals surface area contributed by atoms with Gasteiger partial charge in [-0.25, -0.2) is 24.0 Å². The van der Waals surface area contributed by atoms with Crippen LogP contribution in [0.5, 0.6) is 0 Å². The molecular weight excluding hydrogens is 430 g/mol. The minimum atomic E-state index is -0.646. The molecule has 2 aromatic heterocycles. The van der Waals surface area contributed by atoms with Crippen LogP contribution in [0.2, 0.25) is 10.3 Å². The van der Waals surface area contributed by atoms with Crippen LogP contribution in [0.25, 0.3) is 22.2 Å². The molecule has 0 spiro atoms. The van der Waals surface area contributed by atoms with Crippen molar-refractivity contribution in [2.45, 2.75) is 0 Å². The number of amides is 1. The zero-order valence-corrected chi connectivity index (χ0v) is 17.0. The van der Waals surface area contributed by atoms with Crippen LogP contribution in [0.3, 0.4) is 0 Å². The Hall–Kier alpha value is -3.00. The lowest BCUT2D eigenvalue weighted by Crippen LogP contribution is -2.43. The maximum Gasteiger partial charge on any atom is 0.310 e. The molecule has 30 heavy (non-hydrogen) atoms. The first-order chi connectivity index (χ1) is 14.5. The smallest absolute Gasteiger partial charge is 0.310 e. The SMILES string of the molecule is O=C(c1nc(Cl)cc(Cl)n1)N(CCO)n1c(-c2ccccc2F)cc2ccccc21. The molecule has 0 saturated heterocycles. The molecule has 0 unspecified atom stereocenters. The van der Waals surface area contributed by atoms with Crippen molar-refractivity contribution < 1.29 is 14.3 Å². The van der Waals surface area contributed by atoms with Crippen molar-refractivity contribution in [3.8, 4) is 11.3 Å². The molecule has 4 rings (SSSR count). The highest BCUT2D eigenvalue weighted by Crippen LogP contribution is 2.30. The molecule has 0 fully saturated rings. The predicted octanol–water partition coefficient (Wildman–Crippen LogP) is 4.31. The third kappa shape index (κ3) is 3.75. The molecule has 2 aromatic carbocycles. The van der Waals surface area contributed by atoms with E-state index in [0.29, 0.717) is 16.8 Å². The number of hydrogen-bond acceptors (Lipinski definition) is 4. The average Bonchev–Trinajstić information content (AvgIpc) is 3.10. The van der Waals surface area contributed by atoms with Gasteiger partial charge in [0.25, 0.3) is 0 Å². The van der Waals surface area contributed by atoms with Gasteiger partial charge in [0, 0.05) is 17.0 Å². The highest BCUT2D eigenvalue weighted by atomic mass is 35.5. The van der Waals surface area contributed by atoms with Crippen molar-refractivity contribution >= 4 is 40.0 Å². The Kier molecular flexibility index (Phi) is 5.67. The lowest BCUT2D eigenvalue weighted by atomic mass is 10.1. The summed E-state index contributed by atoms with van der Waals surface area (Å²) in [5.74, 6) is -1.33. The summed E-state index contributed by atoms with van der Waals surface area (Å²) in [5.41, 5.74) is 1.38. The Morgan fingerprint density at radius 3 is 2.40 bits per heavy atom. The van der Waals surface area contributed by atoms with Gasteiger partial charge in [0.2, 0.25) is 5.82 Å². The molecule has 0 aliphatic carbocycles. The fourth-order valence-electron chi connectivity index (χ4n) is 3.25. The monoisotopic (exact) mass is 444 g/mol. The van der Waals surface area contributed by atoms with Crippen LogP contribution < -0.4 is 5.01 Å². The fraction of sp³-hybridized carbons (Fsp3) is 0.0952. The molecule has 6 nitrogen and oxygen atoms in total. The lowest BCUT2D eigenvalue weighted by Gasteiger charge is -2.26. The number of benzene rings is 2. The van der Waals surface area contributed by atoms with Gasteiger partial charge < -0.3 is 5.11 Å². The van der Waals surface area contributed by atoms with Gasteiger partial charge in [-0.3, -0.25) is 4.79 Å². The second-order valence-corrected chi connectivity index (χ2v) is 7.14. The molecule has 0 aliphatic heterocycles. The summed E-state index contributed by atoms with van der Waals surface area (Å²) in [6, 6.07) is 16.6. The van der Waals surface area contributed by atoms with Crippen molar-refractivity contribution in [2.75, 3.05) is 18.2 Å². The van der Waals surface area contributed by atoms with Crippen molar-refractivity contribution in [3.63, 3.8) is 0 Å². The number of nitrogens with zero attached hydrogens (tertiary/aromatic N) is 4. The average molecular weight is 445 g/mol. The first-order valence-electron chi connectivity index (χ1n) is 8.98. The molecule has 4 aromatic rings. The molecule has 2 heterocycles. The number of hydrogen-bond donors (Lipinski definition) is 1. The number of halogens is 3. The van der Waals surface area contributed by atoms with Crippen molar-refractivity contribution in [3.05, 3.63) is 82.6 Å². The highest BCUT2D eigenvalue weighted by molar-refractivity contribution is 6.33. The Balaban J connectivity index is 1.95. The number of aromatic nitrogens is 3. The van der Waals surface area contributed by atoms with E-state index in [0.717, 1.165) is 5.39 Å². The molecule has 0 radical (unpaired) electrons. The van der Waals surface area contributed by atoms with Crippen molar-refractivity contribution in [2.24, 2.45) is 0 Å². The molecule has 0 bridgehead atoms. The normalized spacial score (nSPS) is 11.1. The maximum atomic E-state index is 14.6. The van der Waals surface area contributed by atoms with Gasteiger partial charge in [0.05, 0.1) is 24.4 Å². The van der Waals surface area contributed by atoms with E-state index in [1.54, 1.807) is 41.1 Å².